The van der Waals surface area contributed by atoms with Crippen LogP contribution in [0.15, 0.2) is 18.2 Å². The number of ether oxygens (including phenoxy) is 1. The number of amides is 2. The highest BCUT2D eigenvalue weighted by Gasteiger charge is 2.09. The largest absolute Gasteiger partial charge is 0.480 e. The minimum atomic E-state index is -1.11. The van der Waals surface area contributed by atoms with Gasteiger partial charge in [0, 0.05) is 24.6 Å². The summed E-state index contributed by atoms with van der Waals surface area (Å²) >= 11 is 5.97. The predicted molar refractivity (Wildman–Crippen MR) is 90.3 cm³/mol. The van der Waals surface area contributed by atoms with Gasteiger partial charge >= 0.3 is 5.97 Å². The SMILES string of the molecule is CC(C)NC(=O)CCCC(=O)Nc1ccc(OCC(=O)O)c(Cl)c1. The van der Waals surface area contributed by atoms with Crippen molar-refractivity contribution in [3.05, 3.63) is 23.2 Å². The average molecular weight is 357 g/mol. The minimum absolute atomic E-state index is 0.0790. The third-order valence-electron chi connectivity index (χ3n) is 2.82. The van der Waals surface area contributed by atoms with Crippen molar-refractivity contribution in [3.63, 3.8) is 0 Å². The van der Waals surface area contributed by atoms with Gasteiger partial charge in [-0.05, 0) is 38.5 Å². The molecule has 0 atom stereocenters. The van der Waals surface area contributed by atoms with Crippen molar-refractivity contribution in [1.82, 2.24) is 5.32 Å². The van der Waals surface area contributed by atoms with Crippen molar-refractivity contribution in [1.29, 1.82) is 0 Å². The summed E-state index contributed by atoms with van der Waals surface area (Å²) in [6, 6.07) is 4.60. The number of carbonyl (C=O) groups is 3. The van der Waals surface area contributed by atoms with Crippen LogP contribution in [0.4, 0.5) is 5.69 Å². The average Bonchev–Trinajstić information content (AvgIpc) is 2.45. The first-order valence-electron chi connectivity index (χ1n) is 7.51. The van der Waals surface area contributed by atoms with Crippen LogP contribution >= 0.6 is 11.6 Å². The lowest BCUT2D eigenvalue weighted by molar-refractivity contribution is -0.139. The van der Waals surface area contributed by atoms with Crippen molar-refractivity contribution in [2.24, 2.45) is 0 Å². The molecule has 0 spiro atoms. The number of rotatable bonds is 9. The maximum atomic E-state index is 11.8. The van der Waals surface area contributed by atoms with E-state index in [9.17, 15) is 14.4 Å². The molecule has 0 saturated carbocycles. The summed E-state index contributed by atoms with van der Waals surface area (Å²) in [6.07, 6.45) is 0.937. The zero-order valence-corrected chi connectivity index (χ0v) is 14.4. The fraction of sp³-hybridized carbons (Fsp3) is 0.438. The number of benzene rings is 1. The molecule has 7 nitrogen and oxygen atoms in total. The van der Waals surface area contributed by atoms with Gasteiger partial charge in [0.05, 0.1) is 5.02 Å². The Morgan fingerprint density at radius 1 is 1.21 bits per heavy atom. The van der Waals surface area contributed by atoms with Crippen LogP contribution in [-0.2, 0) is 14.4 Å². The van der Waals surface area contributed by atoms with Crippen LogP contribution in [0, 0.1) is 0 Å². The smallest absolute Gasteiger partial charge is 0.341 e. The Labute approximate surface area is 145 Å². The molecule has 24 heavy (non-hydrogen) atoms. The fourth-order valence-corrected chi connectivity index (χ4v) is 2.10. The Morgan fingerprint density at radius 3 is 2.46 bits per heavy atom. The summed E-state index contributed by atoms with van der Waals surface area (Å²) in [7, 11) is 0. The summed E-state index contributed by atoms with van der Waals surface area (Å²) < 4.78 is 4.99. The number of anilines is 1. The molecular weight excluding hydrogens is 336 g/mol. The number of hydrogen-bond donors (Lipinski definition) is 3. The molecule has 0 unspecified atom stereocenters. The summed E-state index contributed by atoms with van der Waals surface area (Å²) in [6.45, 7) is 3.25. The van der Waals surface area contributed by atoms with Gasteiger partial charge in [-0.3, -0.25) is 9.59 Å². The highest BCUT2D eigenvalue weighted by atomic mass is 35.5. The molecule has 132 valence electrons. The number of carboxylic acids is 1. The van der Waals surface area contributed by atoms with Gasteiger partial charge in [0.1, 0.15) is 5.75 Å². The van der Waals surface area contributed by atoms with Crippen molar-refractivity contribution in [2.75, 3.05) is 11.9 Å². The molecule has 1 aromatic carbocycles. The van der Waals surface area contributed by atoms with Gasteiger partial charge in [-0.15, -0.1) is 0 Å². The first-order valence-corrected chi connectivity index (χ1v) is 7.89. The van der Waals surface area contributed by atoms with Crippen LogP contribution in [0.1, 0.15) is 33.1 Å². The lowest BCUT2D eigenvalue weighted by Crippen LogP contribution is -2.30. The van der Waals surface area contributed by atoms with Gasteiger partial charge in [0.15, 0.2) is 6.61 Å². The van der Waals surface area contributed by atoms with Crippen LogP contribution in [0.5, 0.6) is 5.75 Å². The van der Waals surface area contributed by atoms with Crippen LogP contribution in [0.25, 0.3) is 0 Å². The standard InChI is InChI=1S/C16H21ClN2O5/c1-10(2)18-14(20)4-3-5-15(21)19-11-6-7-13(12(17)8-11)24-9-16(22)23/h6-8,10H,3-5,9H2,1-2H3,(H,18,20)(H,19,21)(H,22,23). The summed E-state index contributed by atoms with van der Waals surface area (Å²) in [4.78, 5) is 33.8. The van der Waals surface area contributed by atoms with Crippen LogP contribution < -0.4 is 15.4 Å². The number of aliphatic carboxylic acids is 1. The van der Waals surface area contributed by atoms with Crippen molar-refractivity contribution >= 4 is 35.1 Å². The molecule has 0 fully saturated rings. The second-order valence-corrected chi connectivity index (χ2v) is 5.86. The molecule has 0 saturated heterocycles. The van der Waals surface area contributed by atoms with Gasteiger partial charge in [-0.1, -0.05) is 11.6 Å². The molecule has 0 aliphatic carbocycles. The highest BCUT2D eigenvalue weighted by molar-refractivity contribution is 6.32. The van der Waals surface area contributed by atoms with Crippen molar-refractivity contribution in [3.8, 4) is 5.75 Å². The molecule has 0 bridgehead atoms. The zero-order valence-electron chi connectivity index (χ0n) is 13.6. The minimum Gasteiger partial charge on any atom is -0.480 e. The van der Waals surface area contributed by atoms with E-state index in [4.69, 9.17) is 21.4 Å². The molecule has 3 N–H and O–H groups in total. The first kappa shape index (κ1) is 19.8. The molecule has 0 aromatic heterocycles. The summed E-state index contributed by atoms with van der Waals surface area (Å²) in [5, 5.41) is 14.2. The van der Waals surface area contributed by atoms with E-state index in [1.807, 2.05) is 13.8 Å². The van der Waals surface area contributed by atoms with Gasteiger partial charge in [0.2, 0.25) is 11.8 Å². The van der Waals surface area contributed by atoms with Gasteiger partial charge < -0.3 is 20.5 Å². The van der Waals surface area contributed by atoms with E-state index in [-0.39, 0.29) is 41.5 Å². The number of halogens is 1. The number of hydrogen-bond acceptors (Lipinski definition) is 4. The van der Waals surface area contributed by atoms with E-state index in [1.54, 1.807) is 6.07 Å². The lowest BCUT2D eigenvalue weighted by atomic mass is 10.2. The van der Waals surface area contributed by atoms with E-state index in [2.05, 4.69) is 10.6 Å². The second-order valence-electron chi connectivity index (χ2n) is 5.45. The maximum Gasteiger partial charge on any atom is 0.341 e. The molecule has 1 rings (SSSR count). The molecule has 8 heteroatoms. The van der Waals surface area contributed by atoms with Crippen LogP contribution in [-0.4, -0.2) is 35.5 Å². The number of carboxylic acid groups (broad SMARTS) is 1. The fourth-order valence-electron chi connectivity index (χ4n) is 1.86. The quantitative estimate of drug-likeness (QED) is 0.630. The number of carbonyl (C=O) groups excluding carboxylic acids is 2. The van der Waals surface area contributed by atoms with E-state index in [0.717, 1.165) is 0 Å². The zero-order chi connectivity index (χ0) is 18.1. The summed E-state index contributed by atoms with van der Waals surface area (Å²) in [5.41, 5.74) is 0.472. The molecule has 0 aliphatic rings. The monoisotopic (exact) mass is 356 g/mol. The second kappa shape index (κ2) is 9.77. The van der Waals surface area contributed by atoms with E-state index in [0.29, 0.717) is 12.1 Å². The molecule has 1 aromatic rings. The maximum absolute atomic E-state index is 11.8. The van der Waals surface area contributed by atoms with E-state index >= 15 is 0 Å². The van der Waals surface area contributed by atoms with Gasteiger partial charge in [0.25, 0.3) is 0 Å². The molecule has 2 amide bonds. The van der Waals surface area contributed by atoms with Crippen molar-refractivity contribution < 1.29 is 24.2 Å². The molecular formula is C16H21ClN2O5. The topological polar surface area (TPSA) is 105 Å². The molecule has 0 heterocycles. The summed E-state index contributed by atoms with van der Waals surface area (Å²) in [5.74, 6) is -1.20. The van der Waals surface area contributed by atoms with E-state index in [1.165, 1.54) is 12.1 Å². The van der Waals surface area contributed by atoms with Gasteiger partial charge in [-0.25, -0.2) is 4.79 Å². The number of nitrogens with one attached hydrogen (secondary N) is 2. The normalized spacial score (nSPS) is 10.3. The van der Waals surface area contributed by atoms with Crippen LogP contribution in [0.3, 0.4) is 0 Å². The highest BCUT2D eigenvalue weighted by Crippen LogP contribution is 2.27. The third kappa shape index (κ3) is 7.82. The Balaban J connectivity index is 2.42. The first-order chi connectivity index (χ1) is 11.3. The van der Waals surface area contributed by atoms with Gasteiger partial charge in [-0.2, -0.15) is 0 Å². The Morgan fingerprint density at radius 2 is 1.88 bits per heavy atom. The third-order valence-corrected chi connectivity index (χ3v) is 3.12. The molecule has 0 radical (unpaired) electrons. The lowest BCUT2D eigenvalue weighted by Gasteiger charge is -2.10. The van der Waals surface area contributed by atoms with E-state index < -0.39 is 12.6 Å². The Hall–Kier alpha value is -2.28. The predicted octanol–water partition coefficient (Wildman–Crippen LogP) is 2.44. The van der Waals surface area contributed by atoms with Crippen molar-refractivity contribution in [2.45, 2.75) is 39.2 Å². The van der Waals surface area contributed by atoms with Crippen LogP contribution in [0.2, 0.25) is 5.02 Å². The molecule has 0 aliphatic heterocycles. The Kier molecular flexibility index (Phi) is 8.05. The Bertz CT molecular complexity index is 604.